The molecule has 0 saturated carbocycles. The summed E-state index contributed by atoms with van der Waals surface area (Å²) in [6.07, 6.45) is 2.12. The van der Waals surface area contributed by atoms with Crippen molar-refractivity contribution in [3.05, 3.63) is 81.5 Å². The van der Waals surface area contributed by atoms with Crippen LogP contribution in [0, 0.1) is 0 Å². The van der Waals surface area contributed by atoms with Crippen LogP contribution in [0.5, 0.6) is 0 Å². The largest absolute Gasteiger partial charge is 0.371 e. The zero-order chi connectivity index (χ0) is 23.3. The molecule has 6 nitrogen and oxygen atoms in total. The van der Waals surface area contributed by atoms with E-state index in [4.69, 9.17) is 11.6 Å². The summed E-state index contributed by atoms with van der Waals surface area (Å²) in [4.78, 5) is 16.4. The number of thiophene rings is 1. The fourth-order valence-corrected chi connectivity index (χ4v) is 6.07. The quantitative estimate of drug-likeness (QED) is 0.480. The molecule has 2 N–H and O–H groups in total. The summed E-state index contributed by atoms with van der Waals surface area (Å²) < 4.78 is 28.2. The van der Waals surface area contributed by atoms with Gasteiger partial charge in [0.25, 0.3) is 5.91 Å². The molecule has 1 aliphatic rings. The fourth-order valence-electron chi connectivity index (χ4n) is 3.93. The van der Waals surface area contributed by atoms with E-state index in [0.29, 0.717) is 43.1 Å². The molecule has 0 spiro atoms. The van der Waals surface area contributed by atoms with Gasteiger partial charge in [-0.05, 0) is 67.1 Å². The molecule has 4 rings (SSSR count). The molecule has 9 heteroatoms. The first-order valence-electron chi connectivity index (χ1n) is 10.8. The summed E-state index contributed by atoms with van der Waals surface area (Å²) in [5, 5.41) is 5.55. The third-order valence-corrected chi connectivity index (χ3v) is 8.39. The predicted octanol–water partition coefficient (Wildman–Crippen LogP) is 4.32. The predicted molar refractivity (Wildman–Crippen MR) is 134 cm³/mol. The van der Waals surface area contributed by atoms with E-state index in [0.717, 1.165) is 12.1 Å². The molecule has 3 aromatic rings. The Bertz CT molecular complexity index is 1170. The lowest BCUT2D eigenvalue weighted by molar-refractivity contribution is 0.0954. The Morgan fingerprint density at radius 3 is 2.45 bits per heavy atom. The molecule has 1 fully saturated rings. The van der Waals surface area contributed by atoms with Gasteiger partial charge in [-0.15, -0.1) is 11.3 Å². The lowest BCUT2D eigenvalue weighted by atomic mass is 10.0. The van der Waals surface area contributed by atoms with E-state index < -0.39 is 10.0 Å². The molecule has 2 aromatic carbocycles. The van der Waals surface area contributed by atoms with Gasteiger partial charge in [0.05, 0.1) is 10.5 Å². The summed E-state index contributed by atoms with van der Waals surface area (Å²) >= 11 is 7.55. The molecule has 0 atom stereocenters. The molecule has 0 aliphatic carbocycles. The average molecular weight is 504 g/mol. The summed E-state index contributed by atoms with van der Waals surface area (Å²) in [6.45, 7) is 1.91. The van der Waals surface area contributed by atoms with Gasteiger partial charge >= 0.3 is 0 Å². The Labute approximate surface area is 203 Å². The zero-order valence-corrected chi connectivity index (χ0v) is 20.4. The lowest BCUT2D eigenvalue weighted by Gasteiger charge is -2.34. The van der Waals surface area contributed by atoms with Crippen molar-refractivity contribution >= 4 is 44.6 Å². The second-order valence-electron chi connectivity index (χ2n) is 7.94. The maximum absolute atomic E-state index is 12.8. The number of hydrogen-bond donors (Lipinski definition) is 2. The number of rotatable bonds is 8. The van der Waals surface area contributed by atoms with E-state index in [9.17, 15) is 13.2 Å². The molecule has 33 heavy (non-hydrogen) atoms. The second kappa shape index (κ2) is 10.7. The number of halogens is 1. The second-order valence-corrected chi connectivity index (χ2v) is 11.1. The van der Waals surface area contributed by atoms with Crippen LogP contribution >= 0.6 is 22.9 Å². The van der Waals surface area contributed by atoms with Crippen LogP contribution in [0.2, 0.25) is 5.02 Å². The number of hydrogen-bond acceptors (Lipinski definition) is 5. The molecule has 1 aliphatic heterocycles. The zero-order valence-electron chi connectivity index (χ0n) is 18.0. The summed E-state index contributed by atoms with van der Waals surface area (Å²) in [6, 6.07) is 17.7. The van der Waals surface area contributed by atoms with Crippen LogP contribution in [0.3, 0.4) is 0 Å². The number of para-hydroxylation sites is 1. The van der Waals surface area contributed by atoms with E-state index >= 15 is 0 Å². The van der Waals surface area contributed by atoms with Gasteiger partial charge in [-0.3, -0.25) is 4.79 Å². The maximum atomic E-state index is 12.8. The van der Waals surface area contributed by atoms with E-state index in [-0.39, 0.29) is 16.8 Å². The number of amides is 1. The Morgan fingerprint density at radius 2 is 1.76 bits per heavy atom. The number of nitrogens with one attached hydrogen (secondary N) is 2. The van der Waals surface area contributed by atoms with Gasteiger partial charge in [0.15, 0.2) is 0 Å². The van der Waals surface area contributed by atoms with Crippen LogP contribution < -0.4 is 14.9 Å². The van der Waals surface area contributed by atoms with Gasteiger partial charge in [-0.2, -0.15) is 0 Å². The van der Waals surface area contributed by atoms with Crippen molar-refractivity contribution in [2.24, 2.45) is 0 Å². The molecule has 0 unspecified atom stereocenters. The van der Waals surface area contributed by atoms with Gasteiger partial charge in [-0.1, -0.05) is 29.8 Å². The normalized spacial score (nSPS) is 14.9. The van der Waals surface area contributed by atoms with Crippen molar-refractivity contribution in [3.8, 4) is 0 Å². The minimum Gasteiger partial charge on any atom is -0.371 e. The van der Waals surface area contributed by atoms with Gasteiger partial charge < -0.3 is 10.2 Å². The fraction of sp³-hybridized carbons (Fsp3) is 0.292. The van der Waals surface area contributed by atoms with Crippen molar-refractivity contribution in [2.45, 2.75) is 30.2 Å². The molecule has 0 radical (unpaired) electrons. The highest BCUT2D eigenvalue weighted by Gasteiger charge is 2.26. The molecule has 1 amide bonds. The average Bonchev–Trinajstić information content (AvgIpc) is 3.33. The smallest absolute Gasteiger partial charge is 0.253 e. The number of piperidine rings is 1. The summed E-state index contributed by atoms with van der Waals surface area (Å²) in [5.74, 6) is -0.0901. The Hall–Kier alpha value is -2.39. The molecule has 1 aromatic heterocycles. The first kappa shape index (κ1) is 23.8. The van der Waals surface area contributed by atoms with Crippen molar-refractivity contribution in [1.29, 1.82) is 0 Å². The van der Waals surface area contributed by atoms with E-state index in [1.54, 1.807) is 23.5 Å². The summed E-state index contributed by atoms with van der Waals surface area (Å²) in [7, 11) is -3.60. The highest BCUT2D eigenvalue weighted by Crippen LogP contribution is 2.25. The van der Waals surface area contributed by atoms with Crippen LogP contribution in [0.1, 0.15) is 28.1 Å². The van der Waals surface area contributed by atoms with Gasteiger partial charge in [-0.25, -0.2) is 13.1 Å². The number of sulfonamides is 1. The Morgan fingerprint density at radius 1 is 1.03 bits per heavy atom. The van der Waals surface area contributed by atoms with Crippen LogP contribution in [0.25, 0.3) is 0 Å². The number of carbonyl (C=O) groups is 1. The standard InChI is InChI=1S/C24H26ClN3O3S2/c25-18-7-9-21(10-8-18)33(30,31)27-19-12-15-28(16-13-19)23-6-2-1-5-22(23)24(29)26-14-11-20-4-3-17-32-20/h1-10,17,19,27H,11-16H2,(H,26,29). The van der Waals surface area contributed by atoms with Gasteiger partial charge in [0, 0.05) is 41.3 Å². The molecular weight excluding hydrogens is 478 g/mol. The maximum Gasteiger partial charge on any atom is 0.253 e. The van der Waals surface area contributed by atoms with Crippen molar-refractivity contribution in [3.63, 3.8) is 0 Å². The van der Waals surface area contributed by atoms with Crippen molar-refractivity contribution < 1.29 is 13.2 Å². The summed E-state index contributed by atoms with van der Waals surface area (Å²) in [5.41, 5.74) is 1.52. The first-order valence-corrected chi connectivity index (χ1v) is 13.6. The van der Waals surface area contributed by atoms with E-state index in [1.807, 2.05) is 35.7 Å². The topological polar surface area (TPSA) is 78.5 Å². The van der Waals surface area contributed by atoms with Gasteiger partial charge in [0.2, 0.25) is 10.0 Å². The van der Waals surface area contributed by atoms with Crippen molar-refractivity contribution in [2.75, 3.05) is 24.5 Å². The monoisotopic (exact) mass is 503 g/mol. The Balaban J connectivity index is 1.35. The number of anilines is 1. The highest BCUT2D eigenvalue weighted by atomic mass is 35.5. The van der Waals surface area contributed by atoms with E-state index in [1.165, 1.54) is 17.0 Å². The Kier molecular flexibility index (Phi) is 7.70. The molecule has 0 bridgehead atoms. The lowest BCUT2D eigenvalue weighted by Crippen LogP contribution is -2.45. The highest BCUT2D eigenvalue weighted by molar-refractivity contribution is 7.89. The van der Waals surface area contributed by atoms with Crippen LogP contribution in [0.15, 0.2) is 70.9 Å². The SMILES string of the molecule is O=C(NCCc1cccs1)c1ccccc1N1CCC(NS(=O)(=O)c2ccc(Cl)cc2)CC1. The first-order chi connectivity index (χ1) is 15.9. The number of carbonyl (C=O) groups excluding carboxylic acids is 1. The molecule has 174 valence electrons. The van der Waals surface area contributed by atoms with E-state index in [2.05, 4.69) is 21.0 Å². The van der Waals surface area contributed by atoms with Crippen LogP contribution in [-0.4, -0.2) is 40.0 Å². The number of nitrogens with zero attached hydrogens (tertiary/aromatic N) is 1. The number of benzene rings is 2. The van der Waals surface area contributed by atoms with Crippen LogP contribution in [0.4, 0.5) is 5.69 Å². The third kappa shape index (κ3) is 6.14. The minimum atomic E-state index is -3.60. The molecule has 1 saturated heterocycles. The van der Waals surface area contributed by atoms with Crippen molar-refractivity contribution in [1.82, 2.24) is 10.0 Å². The van der Waals surface area contributed by atoms with Gasteiger partial charge in [0.1, 0.15) is 0 Å². The molecular formula is C24H26ClN3O3S2. The minimum absolute atomic E-state index is 0.0901. The third-order valence-electron chi connectivity index (χ3n) is 5.67. The molecule has 2 heterocycles. The van der Waals surface area contributed by atoms with Crippen LogP contribution in [-0.2, 0) is 16.4 Å².